The van der Waals surface area contributed by atoms with E-state index in [0.29, 0.717) is 0 Å². The number of aromatic nitrogens is 1. The van der Waals surface area contributed by atoms with Gasteiger partial charge in [-0.1, -0.05) is 6.92 Å². The third-order valence-corrected chi connectivity index (χ3v) is 3.13. The van der Waals surface area contributed by atoms with Crippen LogP contribution in [-0.4, -0.2) is 28.4 Å². The van der Waals surface area contributed by atoms with Crippen molar-refractivity contribution < 1.29 is 4.79 Å². The van der Waals surface area contributed by atoms with E-state index in [0.717, 1.165) is 6.42 Å². The average molecular weight is 222 g/mol. The summed E-state index contributed by atoms with van der Waals surface area (Å²) in [5.41, 5.74) is -0.312. The minimum Gasteiger partial charge on any atom is -0.367 e. The first kappa shape index (κ1) is 12.5. The van der Waals surface area contributed by atoms with Gasteiger partial charge >= 0.3 is 0 Å². The van der Waals surface area contributed by atoms with E-state index in [2.05, 4.69) is 4.98 Å². The molecular formula is C12H18N2O2. The monoisotopic (exact) mass is 222 g/mol. The third kappa shape index (κ3) is 2.32. The van der Waals surface area contributed by atoms with Gasteiger partial charge in [0.15, 0.2) is 5.43 Å². The van der Waals surface area contributed by atoms with E-state index in [9.17, 15) is 9.59 Å². The van der Waals surface area contributed by atoms with Crippen molar-refractivity contribution in [2.24, 2.45) is 0 Å². The predicted octanol–water partition coefficient (Wildman–Crippen LogP) is 1.64. The smallest absolute Gasteiger partial charge is 0.259 e. The van der Waals surface area contributed by atoms with Crippen LogP contribution in [0.2, 0.25) is 0 Å². The van der Waals surface area contributed by atoms with E-state index in [1.807, 2.05) is 20.8 Å². The lowest BCUT2D eigenvalue weighted by molar-refractivity contribution is 0.0618. The van der Waals surface area contributed by atoms with Crippen LogP contribution in [0, 0.1) is 0 Å². The highest BCUT2D eigenvalue weighted by atomic mass is 16.2. The Labute approximate surface area is 95.3 Å². The molecule has 1 aromatic heterocycles. The molecule has 0 atom stereocenters. The number of amides is 1. The first-order valence-electron chi connectivity index (χ1n) is 5.35. The summed E-state index contributed by atoms with van der Waals surface area (Å²) in [6.07, 6.45) is 3.80. The Balaban J connectivity index is 3.05. The molecule has 0 radical (unpaired) electrons. The number of carbonyl (C=O) groups excluding carboxylic acids is 1. The van der Waals surface area contributed by atoms with E-state index >= 15 is 0 Å². The Morgan fingerprint density at radius 3 is 2.62 bits per heavy atom. The Hall–Kier alpha value is -1.58. The molecule has 4 nitrogen and oxygen atoms in total. The van der Waals surface area contributed by atoms with Gasteiger partial charge in [0.1, 0.15) is 5.56 Å². The van der Waals surface area contributed by atoms with Gasteiger partial charge in [0.2, 0.25) is 0 Å². The summed E-state index contributed by atoms with van der Waals surface area (Å²) >= 11 is 0. The summed E-state index contributed by atoms with van der Waals surface area (Å²) in [5.74, 6) is -0.242. The molecule has 88 valence electrons. The lowest BCUT2D eigenvalue weighted by Crippen LogP contribution is -2.45. The van der Waals surface area contributed by atoms with Crippen molar-refractivity contribution in [1.29, 1.82) is 0 Å². The van der Waals surface area contributed by atoms with Crippen molar-refractivity contribution in [3.63, 3.8) is 0 Å². The van der Waals surface area contributed by atoms with Crippen molar-refractivity contribution >= 4 is 5.91 Å². The Morgan fingerprint density at radius 2 is 2.12 bits per heavy atom. The molecule has 1 heterocycles. The van der Waals surface area contributed by atoms with Gasteiger partial charge in [0, 0.05) is 31.0 Å². The molecule has 16 heavy (non-hydrogen) atoms. The van der Waals surface area contributed by atoms with Crippen LogP contribution in [-0.2, 0) is 0 Å². The molecule has 0 saturated carbocycles. The molecule has 1 aromatic rings. The van der Waals surface area contributed by atoms with Gasteiger partial charge in [-0.3, -0.25) is 9.59 Å². The lowest BCUT2D eigenvalue weighted by Gasteiger charge is -2.34. The molecule has 4 heteroatoms. The highest BCUT2D eigenvalue weighted by Gasteiger charge is 2.27. The van der Waals surface area contributed by atoms with Crippen LogP contribution in [0.4, 0.5) is 0 Å². The fourth-order valence-electron chi connectivity index (χ4n) is 1.28. The van der Waals surface area contributed by atoms with Crippen molar-refractivity contribution in [1.82, 2.24) is 9.88 Å². The number of H-pyrrole nitrogens is 1. The van der Waals surface area contributed by atoms with Gasteiger partial charge in [-0.15, -0.1) is 0 Å². The van der Waals surface area contributed by atoms with Crippen LogP contribution in [0.25, 0.3) is 0 Å². The number of hydrogen-bond donors (Lipinski definition) is 1. The zero-order chi connectivity index (χ0) is 12.3. The summed E-state index contributed by atoms with van der Waals surface area (Å²) in [4.78, 5) is 28.0. The molecule has 0 fully saturated rings. The molecule has 0 unspecified atom stereocenters. The highest BCUT2D eigenvalue weighted by Crippen LogP contribution is 2.17. The van der Waals surface area contributed by atoms with E-state index in [4.69, 9.17) is 0 Å². The summed E-state index contributed by atoms with van der Waals surface area (Å²) in [6, 6.07) is 1.36. The molecule has 0 saturated heterocycles. The van der Waals surface area contributed by atoms with Gasteiger partial charge in [-0.05, 0) is 20.3 Å². The number of hydrogen-bond acceptors (Lipinski definition) is 2. The van der Waals surface area contributed by atoms with Gasteiger partial charge in [0.25, 0.3) is 5.91 Å². The standard InChI is InChI=1S/C12H18N2O2/c1-5-12(2,3)14(4)11(16)9-8-13-7-6-10(9)15/h6-8H,5H2,1-4H3,(H,13,15). The number of nitrogens with one attached hydrogen (secondary N) is 1. The number of aromatic amines is 1. The summed E-state index contributed by atoms with van der Waals surface area (Å²) in [5, 5.41) is 0. The van der Waals surface area contributed by atoms with E-state index < -0.39 is 0 Å². The zero-order valence-corrected chi connectivity index (χ0v) is 10.2. The van der Waals surface area contributed by atoms with Gasteiger partial charge < -0.3 is 9.88 Å². The SMILES string of the molecule is CCC(C)(C)N(C)C(=O)c1c[nH]ccc1=O. The van der Waals surface area contributed by atoms with Crippen LogP contribution >= 0.6 is 0 Å². The van der Waals surface area contributed by atoms with Crippen LogP contribution in [0.3, 0.4) is 0 Å². The fourth-order valence-corrected chi connectivity index (χ4v) is 1.28. The molecule has 0 aliphatic carbocycles. The molecule has 0 bridgehead atoms. The van der Waals surface area contributed by atoms with Crippen molar-refractivity contribution in [2.45, 2.75) is 32.7 Å². The maximum atomic E-state index is 12.1. The van der Waals surface area contributed by atoms with Crippen LogP contribution in [0.5, 0.6) is 0 Å². The Kier molecular flexibility index (Phi) is 3.52. The third-order valence-electron chi connectivity index (χ3n) is 3.13. The molecule has 1 rings (SSSR count). The summed E-state index contributed by atoms with van der Waals surface area (Å²) < 4.78 is 0. The second-order valence-corrected chi connectivity index (χ2v) is 4.45. The first-order chi connectivity index (χ1) is 7.40. The highest BCUT2D eigenvalue weighted by molar-refractivity contribution is 5.94. The Morgan fingerprint density at radius 1 is 1.50 bits per heavy atom. The number of nitrogens with zero attached hydrogens (tertiary/aromatic N) is 1. The van der Waals surface area contributed by atoms with Crippen molar-refractivity contribution in [3.05, 3.63) is 34.2 Å². The molecule has 0 aliphatic rings. The quantitative estimate of drug-likeness (QED) is 0.845. The molecule has 0 aliphatic heterocycles. The van der Waals surface area contributed by atoms with E-state index in [1.165, 1.54) is 18.5 Å². The average Bonchev–Trinajstić information content (AvgIpc) is 2.27. The zero-order valence-electron chi connectivity index (χ0n) is 10.2. The second-order valence-electron chi connectivity index (χ2n) is 4.45. The number of pyridine rings is 1. The maximum absolute atomic E-state index is 12.1. The van der Waals surface area contributed by atoms with E-state index in [-0.39, 0.29) is 22.4 Å². The predicted molar refractivity (Wildman–Crippen MR) is 63.5 cm³/mol. The normalized spacial score (nSPS) is 11.2. The van der Waals surface area contributed by atoms with Gasteiger partial charge in [0.05, 0.1) is 0 Å². The second kappa shape index (κ2) is 4.51. The fraction of sp³-hybridized carbons (Fsp3) is 0.500. The van der Waals surface area contributed by atoms with Crippen LogP contribution in [0.15, 0.2) is 23.3 Å². The molecule has 1 amide bonds. The Bertz CT molecular complexity index is 435. The maximum Gasteiger partial charge on any atom is 0.259 e. The van der Waals surface area contributed by atoms with Crippen molar-refractivity contribution in [3.8, 4) is 0 Å². The lowest BCUT2D eigenvalue weighted by atomic mass is 9.99. The van der Waals surface area contributed by atoms with E-state index in [1.54, 1.807) is 11.9 Å². The van der Waals surface area contributed by atoms with Crippen LogP contribution < -0.4 is 5.43 Å². The molecule has 0 aromatic carbocycles. The largest absolute Gasteiger partial charge is 0.367 e. The van der Waals surface area contributed by atoms with Gasteiger partial charge in [-0.2, -0.15) is 0 Å². The molecule has 1 N–H and O–H groups in total. The molecular weight excluding hydrogens is 204 g/mol. The minimum atomic E-state index is -0.251. The molecule has 0 spiro atoms. The summed E-state index contributed by atoms with van der Waals surface area (Å²) in [6.45, 7) is 5.96. The summed E-state index contributed by atoms with van der Waals surface area (Å²) in [7, 11) is 1.72. The number of carbonyl (C=O) groups is 1. The first-order valence-corrected chi connectivity index (χ1v) is 5.35. The van der Waals surface area contributed by atoms with Gasteiger partial charge in [-0.25, -0.2) is 0 Å². The number of rotatable bonds is 3. The van der Waals surface area contributed by atoms with Crippen LogP contribution in [0.1, 0.15) is 37.6 Å². The minimum absolute atomic E-state index is 0.187. The van der Waals surface area contributed by atoms with Crippen molar-refractivity contribution in [2.75, 3.05) is 7.05 Å². The topological polar surface area (TPSA) is 53.2 Å².